The van der Waals surface area contributed by atoms with E-state index >= 15 is 0 Å². The molecule has 31 heavy (non-hydrogen) atoms. The van der Waals surface area contributed by atoms with Crippen LogP contribution in [0.3, 0.4) is 0 Å². The molecule has 0 N–H and O–H groups in total. The van der Waals surface area contributed by atoms with E-state index in [-0.39, 0.29) is 17.9 Å². The minimum Gasteiger partial charge on any atom is -0.488 e. The van der Waals surface area contributed by atoms with Gasteiger partial charge in [0.1, 0.15) is 12.8 Å². The quantitative estimate of drug-likeness (QED) is 0.667. The highest BCUT2D eigenvalue weighted by molar-refractivity contribution is 6.44. The Morgan fingerprint density at radius 1 is 1.35 bits per heavy atom. The number of allylic oxidation sites excluding steroid dienone is 1. The number of ether oxygens (including phenoxy) is 2. The summed E-state index contributed by atoms with van der Waals surface area (Å²) in [6, 6.07) is 1.77. The number of methoxy groups -OCH3 is 1. The van der Waals surface area contributed by atoms with E-state index in [4.69, 9.17) is 9.47 Å². The van der Waals surface area contributed by atoms with E-state index in [1.807, 2.05) is 22.0 Å². The minimum atomic E-state index is -0.112. The van der Waals surface area contributed by atoms with Crippen molar-refractivity contribution < 1.29 is 19.1 Å². The van der Waals surface area contributed by atoms with Crippen LogP contribution in [0.25, 0.3) is 0 Å². The highest BCUT2D eigenvalue weighted by Crippen LogP contribution is 2.34. The van der Waals surface area contributed by atoms with Gasteiger partial charge in [-0.1, -0.05) is 0 Å². The maximum atomic E-state index is 13.0. The number of aromatic nitrogens is 1. The Morgan fingerprint density at radius 2 is 2.23 bits per heavy atom. The van der Waals surface area contributed by atoms with Crippen LogP contribution in [0.15, 0.2) is 36.3 Å². The zero-order chi connectivity index (χ0) is 21.5. The third kappa shape index (κ3) is 3.41. The fourth-order valence-electron chi connectivity index (χ4n) is 4.26. The number of nitrogens with zero attached hydrogens (tertiary/aromatic N) is 5. The number of amidine groups is 1. The van der Waals surface area contributed by atoms with Gasteiger partial charge in [-0.2, -0.15) is 4.67 Å². The van der Waals surface area contributed by atoms with E-state index < -0.39 is 0 Å². The van der Waals surface area contributed by atoms with Crippen molar-refractivity contribution in [3.05, 3.63) is 41.9 Å². The molecule has 0 radical (unpaired) electrons. The van der Waals surface area contributed by atoms with Crippen LogP contribution >= 0.6 is 0 Å². The molecule has 1 saturated heterocycles. The minimum absolute atomic E-state index is 0.0602. The molecule has 9 nitrogen and oxygen atoms in total. The van der Waals surface area contributed by atoms with Gasteiger partial charge in [0.25, 0.3) is 11.6 Å². The van der Waals surface area contributed by atoms with Crippen molar-refractivity contribution in [2.45, 2.75) is 25.9 Å². The number of hydrogen-bond donors (Lipinski definition) is 0. The van der Waals surface area contributed by atoms with Crippen LogP contribution < -0.4 is 14.3 Å². The number of fused-ring (bicyclic) bond motifs is 2. The summed E-state index contributed by atoms with van der Waals surface area (Å²) in [5.74, 6) is 1.64. The molecule has 5 rings (SSSR count). The number of piperidine rings is 1. The summed E-state index contributed by atoms with van der Waals surface area (Å²) in [5, 5.41) is 0. The molecule has 160 valence electrons. The first-order valence-electron chi connectivity index (χ1n) is 10.4. The number of carbonyl (C=O) groups is 2. The van der Waals surface area contributed by atoms with Gasteiger partial charge in [-0.25, -0.2) is 9.78 Å². The van der Waals surface area contributed by atoms with Gasteiger partial charge in [0.05, 0.1) is 30.0 Å². The fourth-order valence-corrected chi connectivity index (χ4v) is 4.26. The molecule has 9 heteroatoms. The summed E-state index contributed by atoms with van der Waals surface area (Å²) < 4.78 is 15.6. The van der Waals surface area contributed by atoms with Crippen molar-refractivity contribution in [1.29, 1.82) is 0 Å². The molecule has 1 atom stereocenters. The van der Waals surface area contributed by atoms with Gasteiger partial charge >= 0.3 is 11.7 Å². The average molecular weight is 422 g/mol. The Morgan fingerprint density at radius 3 is 3.06 bits per heavy atom. The first-order chi connectivity index (χ1) is 15.0. The fraction of sp³-hybridized carbons (Fsp3) is 0.409. The molecule has 2 amide bonds. The molecule has 0 spiro atoms. The summed E-state index contributed by atoms with van der Waals surface area (Å²) in [5.41, 5.74) is 1.84. The van der Waals surface area contributed by atoms with E-state index in [9.17, 15) is 9.59 Å². The lowest BCUT2D eigenvalue weighted by molar-refractivity contribution is -0.118. The van der Waals surface area contributed by atoms with Gasteiger partial charge < -0.3 is 19.3 Å². The van der Waals surface area contributed by atoms with Crippen molar-refractivity contribution >= 4 is 29.2 Å². The van der Waals surface area contributed by atoms with Crippen LogP contribution in [0.4, 0.5) is 5.82 Å². The summed E-state index contributed by atoms with van der Waals surface area (Å²) in [4.78, 5) is 35.0. The molecule has 0 aromatic carbocycles. The third-order valence-electron chi connectivity index (χ3n) is 5.95. The zero-order valence-corrected chi connectivity index (χ0v) is 17.6. The first kappa shape index (κ1) is 19.5. The summed E-state index contributed by atoms with van der Waals surface area (Å²) in [6.45, 7) is 4.08. The molecule has 4 aliphatic rings. The lowest BCUT2D eigenvalue weighted by atomic mass is 10.1. The van der Waals surface area contributed by atoms with Gasteiger partial charge in [-0.3, -0.25) is 4.79 Å². The Bertz CT molecular complexity index is 1090. The van der Waals surface area contributed by atoms with Gasteiger partial charge in [-0.15, -0.1) is 4.90 Å². The topological polar surface area (TPSA) is 89.3 Å². The largest absolute Gasteiger partial charge is 0.488 e. The van der Waals surface area contributed by atoms with Crippen molar-refractivity contribution in [2.24, 2.45) is 0 Å². The number of anilines is 1. The summed E-state index contributed by atoms with van der Waals surface area (Å²) >= 11 is 0. The average Bonchev–Trinajstić information content (AvgIpc) is 3.10. The number of pyridine rings is 1. The maximum Gasteiger partial charge on any atom is 0.398 e. The number of carbonyl (C=O) groups excluding carboxylic acids is 2. The standard InChI is InChI=1S/C22H24N5O4/c1-14-21(28)27-7-5-16(11-19(27)24-14)26-8-9-31-18-10-15(12-23-20(18)26)22(29)25-6-3-4-17(13-25)30-2/h5,7,10-12,17H,3-4,6,8-9,13H2,1-2H3/q+1/t17-/m1/s1. The molecule has 0 saturated carbocycles. The molecule has 4 aliphatic heterocycles. The highest BCUT2D eigenvalue weighted by Gasteiger charge is 2.39. The number of amides is 2. The van der Waals surface area contributed by atoms with Crippen LogP contribution in [0.2, 0.25) is 0 Å². The van der Waals surface area contributed by atoms with Crippen molar-refractivity contribution in [3.8, 4) is 5.75 Å². The monoisotopic (exact) mass is 422 g/mol. The van der Waals surface area contributed by atoms with Gasteiger partial charge in [0.2, 0.25) is 0 Å². The van der Waals surface area contributed by atoms with Crippen LogP contribution in [0.1, 0.15) is 30.1 Å². The normalized spacial score (nSPS) is 22.4. The second kappa shape index (κ2) is 7.68. The SMILES string of the molecule is CO[C@@H]1CCCN(C(=O)c2cnc3c(c2)OCCN3C2=CC3=[N+]=C(C)C(=O)N3C=C2)C1. The molecular weight excluding hydrogens is 398 g/mol. The highest BCUT2D eigenvalue weighted by atomic mass is 16.5. The molecule has 5 heterocycles. The van der Waals surface area contributed by atoms with E-state index in [1.54, 1.807) is 32.5 Å². The Kier molecular flexibility index (Phi) is 4.84. The number of hydrogen-bond acceptors (Lipinski definition) is 6. The van der Waals surface area contributed by atoms with Crippen molar-refractivity contribution in [3.63, 3.8) is 0 Å². The van der Waals surface area contributed by atoms with Crippen LogP contribution in [0, 0.1) is 0 Å². The van der Waals surface area contributed by atoms with E-state index in [0.29, 0.717) is 54.9 Å². The van der Waals surface area contributed by atoms with Crippen LogP contribution in [0.5, 0.6) is 5.75 Å². The predicted molar refractivity (Wildman–Crippen MR) is 115 cm³/mol. The molecular formula is C22H24N5O4+. The smallest absolute Gasteiger partial charge is 0.398 e. The Balaban J connectivity index is 1.40. The van der Waals surface area contributed by atoms with Crippen LogP contribution in [-0.2, 0) is 9.53 Å². The zero-order valence-electron chi connectivity index (χ0n) is 17.6. The van der Waals surface area contributed by atoms with E-state index in [1.165, 1.54) is 4.90 Å². The van der Waals surface area contributed by atoms with E-state index in [0.717, 1.165) is 18.5 Å². The van der Waals surface area contributed by atoms with Gasteiger partial charge in [0, 0.05) is 39.4 Å². The molecule has 0 unspecified atom stereocenters. The second-order valence-corrected chi connectivity index (χ2v) is 7.91. The molecule has 0 bridgehead atoms. The first-order valence-corrected chi connectivity index (χ1v) is 10.4. The summed E-state index contributed by atoms with van der Waals surface area (Å²) in [6.07, 6.45) is 9.02. The van der Waals surface area contributed by atoms with Gasteiger partial charge in [-0.05, 0) is 18.9 Å². The second-order valence-electron chi connectivity index (χ2n) is 7.91. The lowest BCUT2D eigenvalue weighted by Crippen LogP contribution is -2.43. The van der Waals surface area contributed by atoms with Crippen molar-refractivity contribution in [2.75, 3.05) is 38.3 Å². The number of likely N-dealkylation sites (tertiary alicyclic amines) is 1. The maximum absolute atomic E-state index is 13.0. The Labute approximate surface area is 180 Å². The number of rotatable bonds is 3. The van der Waals surface area contributed by atoms with Crippen LogP contribution in [-0.4, -0.2) is 77.6 Å². The molecule has 1 aromatic heterocycles. The third-order valence-corrected chi connectivity index (χ3v) is 5.95. The van der Waals surface area contributed by atoms with Gasteiger partial charge in [0.15, 0.2) is 11.6 Å². The molecule has 0 aliphatic carbocycles. The molecule has 1 fully saturated rings. The van der Waals surface area contributed by atoms with E-state index in [2.05, 4.69) is 9.65 Å². The van der Waals surface area contributed by atoms with Crippen molar-refractivity contribution in [1.82, 2.24) is 19.5 Å². The lowest BCUT2D eigenvalue weighted by Gasteiger charge is -2.33. The summed E-state index contributed by atoms with van der Waals surface area (Å²) in [7, 11) is 1.68. The Hall–Kier alpha value is -3.42. The predicted octanol–water partition coefficient (Wildman–Crippen LogP) is 0.711. The molecule has 1 aromatic rings.